The van der Waals surface area contributed by atoms with Crippen molar-refractivity contribution < 1.29 is 10.0 Å². The van der Waals surface area contributed by atoms with E-state index in [1.54, 1.807) is 18.3 Å². The average molecular weight is 283 g/mol. The van der Waals surface area contributed by atoms with Crippen LogP contribution in [0.1, 0.15) is 10.4 Å². The van der Waals surface area contributed by atoms with E-state index in [1.807, 2.05) is 13.0 Å². The summed E-state index contributed by atoms with van der Waals surface area (Å²) in [6.07, 6.45) is 1.72. The third-order valence-corrected chi connectivity index (χ3v) is 3.75. The summed E-state index contributed by atoms with van der Waals surface area (Å²) in [6.45, 7) is 2.45. The monoisotopic (exact) mass is 282 g/mol. The molecular formula is C11H12BClN2O2S. The largest absolute Gasteiger partial charge is 0.488 e. The first-order chi connectivity index (χ1) is 8.58. The highest BCUT2D eigenvalue weighted by molar-refractivity contribution is 7.15. The lowest BCUT2D eigenvalue weighted by Gasteiger charge is -2.12. The van der Waals surface area contributed by atoms with Gasteiger partial charge in [0.1, 0.15) is 0 Å². The van der Waals surface area contributed by atoms with Gasteiger partial charge in [0.15, 0.2) is 4.47 Å². The second-order valence-electron chi connectivity index (χ2n) is 3.83. The highest BCUT2D eigenvalue weighted by Crippen LogP contribution is 2.20. The van der Waals surface area contributed by atoms with Gasteiger partial charge in [0.25, 0.3) is 0 Å². The van der Waals surface area contributed by atoms with Crippen LogP contribution in [-0.2, 0) is 6.54 Å². The van der Waals surface area contributed by atoms with Crippen molar-refractivity contribution in [3.05, 3.63) is 39.3 Å². The van der Waals surface area contributed by atoms with Gasteiger partial charge < -0.3 is 15.4 Å². The first kappa shape index (κ1) is 13.4. The van der Waals surface area contributed by atoms with Gasteiger partial charge in [-0.3, -0.25) is 0 Å². The maximum atomic E-state index is 9.22. The van der Waals surface area contributed by atoms with Crippen LogP contribution in [0.15, 0.2) is 24.4 Å². The van der Waals surface area contributed by atoms with Gasteiger partial charge in [-0.1, -0.05) is 23.7 Å². The van der Waals surface area contributed by atoms with Gasteiger partial charge in [-0.25, -0.2) is 4.98 Å². The van der Waals surface area contributed by atoms with E-state index in [1.165, 1.54) is 11.3 Å². The molecule has 0 atom stereocenters. The molecule has 0 saturated heterocycles. The fourth-order valence-electron chi connectivity index (χ4n) is 1.67. The number of halogens is 1. The van der Waals surface area contributed by atoms with Crippen molar-refractivity contribution in [2.45, 2.75) is 13.5 Å². The first-order valence-corrected chi connectivity index (χ1v) is 6.57. The molecule has 0 aliphatic heterocycles. The van der Waals surface area contributed by atoms with Crippen LogP contribution in [-0.4, -0.2) is 22.2 Å². The Kier molecular flexibility index (Phi) is 4.24. The molecule has 0 saturated carbocycles. The maximum Gasteiger partial charge on any atom is 0.488 e. The summed E-state index contributed by atoms with van der Waals surface area (Å²) in [5.74, 6) is 0. The fourth-order valence-corrected chi connectivity index (χ4v) is 2.59. The predicted octanol–water partition coefficient (Wildman–Crippen LogP) is 1.40. The van der Waals surface area contributed by atoms with Crippen molar-refractivity contribution in [1.82, 2.24) is 4.98 Å². The third kappa shape index (κ3) is 3.03. The Morgan fingerprint density at radius 3 is 2.83 bits per heavy atom. The smallest absolute Gasteiger partial charge is 0.423 e. The van der Waals surface area contributed by atoms with Gasteiger partial charge in [-0.05, 0) is 24.0 Å². The number of aromatic nitrogens is 1. The lowest BCUT2D eigenvalue weighted by Crippen LogP contribution is -2.32. The Balaban J connectivity index is 2.12. The molecule has 4 nitrogen and oxygen atoms in total. The topological polar surface area (TPSA) is 65.4 Å². The van der Waals surface area contributed by atoms with Crippen LogP contribution < -0.4 is 10.8 Å². The number of hydrogen-bond acceptors (Lipinski definition) is 5. The number of nitrogens with zero attached hydrogens (tertiary/aromatic N) is 1. The summed E-state index contributed by atoms with van der Waals surface area (Å²) >= 11 is 7.17. The molecule has 2 aromatic rings. The van der Waals surface area contributed by atoms with E-state index in [2.05, 4.69) is 10.3 Å². The van der Waals surface area contributed by atoms with Gasteiger partial charge in [0.2, 0.25) is 0 Å². The minimum absolute atomic E-state index is 0.502. The molecule has 18 heavy (non-hydrogen) atoms. The highest BCUT2D eigenvalue weighted by atomic mass is 35.5. The molecule has 0 aliphatic carbocycles. The lowest BCUT2D eigenvalue weighted by molar-refractivity contribution is 0.425. The zero-order valence-corrected chi connectivity index (χ0v) is 11.3. The van der Waals surface area contributed by atoms with Crippen molar-refractivity contribution >= 4 is 41.2 Å². The molecule has 1 aromatic carbocycles. The van der Waals surface area contributed by atoms with Crippen LogP contribution in [0, 0.1) is 6.92 Å². The van der Waals surface area contributed by atoms with Crippen molar-refractivity contribution in [2.24, 2.45) is 0 Å². The molecule has 2 rings (SSSR count). The number of hydrogen-bond donors (Lipinski definition) is 3. The van der Waals surface area contributed by atoms with E-state index in [4.69, 9.17) is 11.6 Å². The second-order valence-corrected chi connectivity index (χ2v) is 5.52. The van der Waals surface area contributed by atoms with E-state index in [0.29, 0.717) is 16.5 Å². The molecule has 0 amide bonds. The molecule has 0 aliphatic rings. The van der Waals surface area contributed by atoms with Crippen molar-refractivity contribution in [3.63, 3.8) is 0 Å². The van der Waals surface area contributed by atoms with E-state index >= 15 is 0 Å². The standard InChI is InChI=1S/C11H12BClN2O2S/c1-7-9(12(16)17)3-2-4-10(7)14-5-8-6-15-11(13)18-8/h2-4,6,14,16-17H,5H2,1H3. The molecule has 1 aromatic heterocycles. The molecule has 94 valence electrons. The van der Waals surface area contributed by atoms with Gasteiger partial charge >= 0.3 is 7.12 Å². The molecule has 0 unspecified atom stereocenters. The highest BCUT2D eigenvalue weighted by Gasteiger charge is 2.15. The number of benzene rings is 1. The van der Waals surface area contributed by atoms with E-state index in [-0.39, 0.29) is 0 Å². The van der Waals surface area contributed by atoms with Crippen molar-refractivity contribution in [1.29, 1.82) is 0 Å². The summed E-state index contributed by atoms with van der Waals surface area (Å²) in [5, 5.41) is 21.7. The zero-order chi connectivity index (χ0) is 13.1. The van der Waals surface area contributed by atoms with Gasteiger partial charge in [-0.2, -0.15) is 0 Å². The SMILES string of the molecule is Cc1c(NCc2cnc(Cl)s2)cccc1B(O)O. The van der Waals surface area contributed by atoms with Gasteiger partial charge in [-0.15, -0.1) is 11.3 Å². The Morgan fingerprint density at radius 2 is 2.22 bits per heavy atom. The van der Waals surface area contributed by atoms with Crippen LogP contribution in [0.4, 0.5) is 5.69 Å². The van der Waals surface area contributed by atoms with E-state index < -0.39 is 7.12 Å². The second kappa shape index (κ2) is 5.71. The van der Waals surface area contributed by atoms with Crippen LogP contribution in [0.3, 0.4) is 0 Å². The molecule has 7 heteroatoms. The Morgan fingerprint density at radius 1 is 1.44 bits per heavy atom. The Bertz CT molecular complexity index is 548. The van der Waals surface area contributed by atoms with Gasteiger partial charge in [0.05, 0.1) is 6.54 Å². The normalized spacial score (nSPS) is 10.4. The lowest BCUT2D eigenvalue weighted by atomic mass is 9.77. The van der Waals surface area contributed by atoms with Crippen LogP contribution in [0.25, 0.3) is 0 Å². The Labute approximate surface area is 114 Å². The summed E-state index contributed by atoms with van der Waals surface area (Å²) in [4.78, 5) is 4.98. The molecule has 0 spiro atoms. The first-order valence-electron chi connectivity index (χ1n) is 5.37. The predicted molar refractivity (Wildman–Crippen MR) is 75.5 cm³/mol. The van der Waals surface area contributed by atoms with Crippen LogP contribution in [0.5, 0.6) is 0 Å². The van der Waals surface area contributed by atoms with Crippen molar-refractivity contribution in [3.8, 4) is 0 Å². The number of nitrogens with one attached hydrogen (secondary N) is 1. The van der Waals surface area contributed by atoms with Crippen LogP contribution in [0.2, 0.25) is 4.47 Å². The summed E-state index contributed by atoms with van der Waals surface area (Å²) in [6, 6.07) is 5.36. The number of rotatable bonds is 4. The average Bonchev–Trinajstić information content (AvgIpc) is 2.73. The number of thiazole rings is 1. The molecule has 1 heterocycles. The molecule has 3 N–H and O–H groups in total. The molecule has 0 radical (unpaired) electrons. The fraction of sp³-hybridized carbons (Fsp3) is 0.182. The van der Waals surface area contributed by atoms with E-state index in [9.17, 15) is 10.0 Å². The molecule has 0 bridgehead atoms. The minimum Gasteiger partial charge on any atom is -0.423 e. The summed E-state index contributed by atoms with van der Waals surface area (Å²) < 4.78 is 0.517. The summed E-state index contributed by atoms with van der Waals surface area (Å²) in [5.41, 5.74) is 2.19. The summed E-state index contributed by atoms with van der Waals surface area (Å²) in [7, 11) is -1.45. The van der Waals surface area contributed by atoms with Crippen molar-refractivity contribution in [2.75, 3.05) is 5.32 Å². The number of anilines is 1. The minimum atomic E-state index is -1.45. The van der Waals surface area contributed by atoms with Crippen LogP contribution >= 0.6 is 22.9 Å². The Hall–Kier alpha value is -1.08. The molecular weight excluding hydrogens is 270 g/mol. The van der Waals surface area contributed by atoms with Gasteiger partial charge in [0, 0.05) is 16.8 Å². The van der Waals surface area contributed by atoms with E-state index in [0.717, 1.165) is 16.1 Å². The quantitative estimate of drug-likeness (QED) is 0.742. The maximum absolute atomic E-state index is 9.22. The molecule has 0 fully saturated rings. The zero-order valence-electron chi connectivity index (χ0n) is 9.72. The third-order valence-electron chi connectivity index (χ3n) is 2.63.